The van der Waals surface area contributed by atoms with E-state index in [0.29, 0.717) is 16.8 Å². The number of halogens is 1. The second-order valence-electron chi connectivity index (χ2n) is 5.34. The quantitative estimate of drug-likeness (QED) is 0.729. The highest BCUT2D eigenvalue weighted by Crippen LogP contribution is 2.14. The van der Waals surface area contributed by atoms with Crippen molar-refractivity contribution in [3.05, 3.63) is 78.9 Å². The van der Waals surface area contributed by atoms with Gasteiger partial charge >= 0.3 is 0 Å². The van der Waals surface area contributed by atoms with Gasteiger partial charge in [0.15, 0.2) is 0 Å². The SMILES string of the molecule is Cc1c(C)n2c(/C=C/c3ccc(F)cc3)c(C)c(=O)n2c1=O. The van der Waals surface area contributed by atoms with E-state index in [1.165, 1.54) is 12.1 Å². The third-order valence-electron chi connectivity index (χ3n) is 4.00. The number of rotatable bonds is 2. The maximum atomic E-state index is 12.9. The van der Waals surface area contributed by atoms with Crippen LogP contribution in [0.1, 0.15) is 28.1 Å². The molecule has 1 aromatic carbocycles. The van der Waals surface area contributed by atoms with E-state index in [1.807, 2.05) is 6.92 Å². The molecule has 0 fully saturated rings. The standard InChI is InChI=1S/C17H15FN2O2/c1-10-12(3)19-15(11(2)17(22)20(19)16(10)21)9-6-13-4-7-14(18)8-5-13/h4-9H,1-3H3/b9-6+. The van der Waals surface area contributed by atoms with Gasteiger partial charge in [-0.1, -0.05) is 18.2 Å². The number of aryl methyl sites for hydroxylation is 1. The highest BCUT2D eigenvalue weighted by molar-refractivity contribution is 5.69. The van der Waals surface area contributed by atoms with E-state index in [-0.39, 0.29) is 16.9 Å². The zero-order chi connectivity index (χ0) is 16.0. The number of aromatic nitrogens is 2. The molecule has 0 bridgehead atoms. The van der Waals surface area contributed by atoms with Crippen LogP contribution in [0.15, 0.2) is 33.9 Å². The lowest BCUT2D eigenvalue weighted by atomic mass is 10.1. The summed E-state index contributed by atoms with van der Waals surface area (Å²) >= 11 is 0. The molecule has 0 atom stereocenters. The van der Waals surface area contributed by atoms with E-state index >= 15 is 0 Å². The molecule has 2 heterocycles. The average molecular weight is 298 g/mol. The summed E-state index contributed by atoms with van der Waals surface area (Å²) in [6.07, 6.45) is 3.57. The van der Waals surface area contributed by atoms with Gasteiger partial charge in [0.1, 0.15) is 5.82 Å². The van der Waals surface area contributed by atoms with Crippen LogP contribution in [0.25, 0.3) is 12.2 Å². The van der Waals surface area contributed by atoms with Crippen LogP contribution in [-0.4, -0.2) is 9.03 Å². The van der Waals surface area contributed by atoms with Crippen molar-refractivity contribution in [2.75, 3.05) is 0 Å². The summed E-state index contributed by atoms with van der Waals surface area (Å²) in [7, 11) is 0. The number of fused-ring (bicyclic) bond motifs is 1. The molecule has 112 valence electrons. The summed E-state index contributed by atoms with van der Waals surface area (Å²) in [5.74, 6) is -0.297. The normalized spacial score (nSPS) is 11.8. The van der Waals surface area contributed by atoms with E-state index in [2.05, 4.69) is 0 Å². The van der Waals surface area contributed by atoms with Crippen molar-refractivity contribution in [3.8, 4) is 0 Å². The minimum absolute atomic E-state index is 0.285. The van der Waals surface area contributed by atoms with Crippen LogP contribution < -0.4 is 11.1 Å². The molecule has 0 aliphatic carbocycles. The number of hydrogen-bond donors (Lipinski definition) is 0. The predicted molar refractivity (Wildman–Crippen MR) is 84.1 cm³/mol. The Kier molecular flexibility index (Phi) is 3.20. The summed E-state index contributed by atoms with van der Waals surface area (Å²) < 4.78 is 15.7. The molecule has 0 aliphatic heterocycles. The van der Waals surface area contributed by atoms with Crippen LogP contribution in [0.2, 0.25) is 0 Å². The van der Waals surface area contributed by atoms with Crippen LogP contribution >= 0.6 is 0 Å². The highest BCUT2D eigenvalue weighted by Gasteiger charge is 2.18. The molecule has 0 saturated carbocycles. The largest absolute Gasteiger partial charge is 0.278 e. The van der Waals surface area contributed by atoms with Crippen molar-refractivity contribution in [2.24, 2.45) is 0 Å². The zero-order valence-corrected chi connectivity index (χ0v) is 12.6. The summed E-state index contributed by atoms with van der Waals surface area (Å²) in [4.78, 5) is 24.4. The van der Waals surface area contributed by atoms with Gasteiger partial charge < -0.3 is 0 Å². The first kappa shape index (κ1) is 14.3. The fourth-order valence-electron chi connectivity index (χ4n) is 2.56. The number of hydrogen-bond acceptors (Lipinski definition) is 2. The Morgan fingerprint density at radius 2 is 1.45 bits per heavy atom. The van der Waals surface area contributed by atoms with Crippen molar-refractivity contribution >= 4 is 12.2 Å². The maximum absolute atomic E-state index is 12.9. The van der Waals surface area contributed by atoms with E-state index in [9.17, 15) is 14.0 Å². The van der Waals surface area contributed by atoms with E-state index < -0.39 is 0 Å². The van der Waals surface area contributed by atoms with E-state index in [0.717, 1.165) is 15.8 Å². The Morgan fingerprint density at radius 3 is 2.09 bits per heavy atom. The monoisotopic (exact) mass is 298 g/mol. The first-order valence-electron chi connectivity index (χ1n) is 6.92. The van der Waals surface area contributed by atoms with Gasteiger partial charge in [0, 0.05) is 16.8 Å². The highest BCUT2D eigenvalue weighted by atomic mass is 19.1. The molecular formula is C17H15FN2O2. The first-order chi connectivity index (χ1) is 10.4. The molecule has 0 aliphatic rings. The van der Waals surface area contributed by atoms with Crippen LogP contribution in [0.4, 0.5) is 4.39 Å². The second kappa shape index (κ2) is 4.94. The smallest absolute Gasteiger partial charge is 0.267 e. The summed E-state index contributed by atoms with van der Waals surface area (Å²) in [6.45, 7) is 5.21. The van der Waals surface area contributed by atoms with Gasteiger partial charge in [-0.25, -0.2) is 8.91 Å². The predicted octanol–water partition coefficient (Wildman–Crippen LogP) is 2.43. The van der Waals surface area contributed by atoms with Crippen LogP contribution in [0, 0.1) is 26.6 Å². The Morgan fingerprint density at radius 1 is 0.864 bits per heavy atom. The average Bonchev–Trinajstić information content (AvgIpc) is 2.88. The summed E-state index contributed by atoms with van der Waals surface area (Å²) in [5, 5.41) is 0. The molecule has 0 amide bonds. The van der Waals surface area contributed by atoms with Gasteiger partial charge in [-0.3, -0.25) is 9.59 Å². The van der Waals surface area contributed by atoms with Crippen LogP contribution in [0.5, 0.6) is 0 Å². The van der Waals surface area contributed by atoms with Crippen molar-refractivity contribution < 1.29 is 4.39 Å². The molecule has 0 radical (unpaired) electrons. The lowest BCUT2D eigenvalue weighted by molar-refractivity contribution is 0.628. The molecule has 0 unspecified atom stereocenters. The molecule has 2 aromatic heterocycles. The fraction of sp³-hybridized carbons (Fsp3) is 0.176. The Bertz CT molecular complexity index is 995. The Balaban J connectivity index is 2.21. The minimum Gasteiger partial charge on any atom is -0.267 e. The van der Waals surface area contributed by atoms with Gasteiger partial charge in [0.25, 0.3) is 11.1 Å². The minimum atomic E-state index is -0.306. The molecule has 4 nitrogen and oxygen atoms in total. The fourth-order valence-corrected chi connectivity index (χ4v) is 2.56. The second-order valence-corrected chi connectivity index (χ2v) is 5.34. The van der Waals surface area contributed by atoms with Gasteiger partial charge in [-0.05, 0) is 44.5 Å². The maximum Gasteiger partial charge on any atom is 0.278 e. The number of benzene rings is 1. The summed E-state index contributed by atoms with van der Waals surface area (Å²) in [6, 6.07) is 6.06. The third-order valence-corrected chi connectivity index (χ3v) is 4.00. The van der Waals surface area contributed by atoms with Crippen molar-refractivity contribution in [3.63, 3.8) is 0 Å². The lowest BCUT2D eigenvalue weighted by Gasteiger charge is -1.98. The van der Waals surface area contributed by atoms with Crippen molar-refractivity contribution in [1.29, 1.82) is 0 Å². The molecule has 3 rings (SSSR count). The molecule has 22 heavy (non-hydrogen) atoms. The molecule has 5 heteroatoms. The van der Waals surface area contributed by atoms with E-state index in [1.54, 1.807) is 42.6 Å². The van der Waals surface area contributed by atoms with Crippen molar-refractivity contribution in [1.82, 2.24) is 9.03 Å². The van der Waals surface area contributed by atoms with Crippen molar-refractivity contribution in [2.45, 2.75) is 20.8 Å². The Hall–Kier alpha value is -2.69. The molecule has 0 N–H and O–H groups in total. The lowest BCUT2D eigenvalue weighted by Crippen LogP contribution is -2.23. The summed E-state index contributed by atoms with van der Waals surface area (Å²) in [5.41, 5.74) is 2.71. The molecular weight excluding hydrogens is 283 g/mol. The first-order valence-corrected chi connectivity index (χ1v) is 6.92. The zero-order valence-electron chi connectivity index (χ0n) is 12.6. The van der Waals surface area contributed by atoms with Crippen LogP contribution in [-0.2, 0) is 0 Å². The van der Waals surface area contributed by atoms with Gasteiger partial charge in [-0.15, -0.1) is 0 Å². The third kappa shape index (κ3) is 1.97. The van der Waals surface area contributed by atoms with Gasteiger partial charge in [0.2, 0.25) is 0 Å². The van der Waals surface area contributed by atoms with Crippen LogP contribution in [0.3, 0.4) is 0 Å². The molecule has 0 spiro atoms. The number of nitrogens with zero attached hydrogens (tertiary/aromatic N) is 2. The van der Waals surface area contributed by atoms with Gasteiger partial charge in [-0.2, -0.15) is 4.52 Å². The van der Waals surface area contributed by atoms with E-state index in [4.69, 9.17) is 0 Å². The molecule has 0 saturated heterocycles. The Labute approximate surface area is 126 Å². The topological polar surface area (TPSA) is 43.0 Å². The molecule has 3 aromatic rings. The van der Waals surface area contributed by atoms with Gasteiger partial charge in [0.05, 0.1) is 5.69 Å².